The molecule has 1 aliphatic carbocycles. The summed E-state index contributed by atoms with van der Waals surface area (Å²) in [6, 6.07) is 8.12. The van der Waals surface area contributed by atoms with Gasteiger partial charge in [-0.15, -0.1) is 0 Å². The molecule has 1 unspecified atom stereocenters. The molecule has 2 amide bonds. The second-order valence-electron chi connectivity index (χ2n) is 12.3. The third-order valence-electron chi connectivity index (χ3n) is 9.18. The molecule has 2 aromatic carbocycles. The SMILES string of the molecule is O=C(NCc1ncc(C(F)(F)F)cc1Cl)c1ccc2c(c1)C1(CCS(=O)(=NC(=O)C(F)(F)F)CC1)C(C1CC1)N2S(=O)(=O)c1ccc(F)cc1. The fraction of sp³-hybridized carbons (Fsp3) is 0.387. The van der Waals surface area contributed by atoms with Crippen molar-refractivity contribution in [3.8, 4) is 0 Å². The molecule has 1 saturated heterocycles. The van der Waals surface area contributed by atoms with E-state index in [9.17, 15) is 52.9 Å². The van der Waals surface area contributed by atoms with Crippen LogP contribution in [0.25, 0.3) is 0 Å². The van der Waals surface area contributed by atoms with Crippen LogP contribution in [0.1, 0.15) is 52.9 Å². The van der Waals surface area contributed by atoms with Gasteiger partial charge in [0.05, 0.1) is 49.2 Å². The summed E-state index contributed by atoms with van der Waals surface area (Å²) >= 11 is 5.98. The summed E-state index contributed by atoms with van der Waals surface area (Å²) < 4.78 is 138. The molecule has 1 spiro atoms. The van der Waals surface area contributed by atoms with Crippen molar-refractivity contribution in [3.05, 3.63) is 88.0 Å². The lowest BCUT2D eigenvalue weighted by Gasteiger charge is -2.42. The van der Waals surface area contributed by atoms with Crippen molar-refractivity contribution >= 4 is 48.9 Å². The Balaban J connectivity index is 1.39. The van der Waals surface area contributed by atoms with E-state index in [1.165, 1.54) is 22.5 Å². The minimum absolute atomic E-state index is 0.00461. The monoisotopic (exact) mass is 766 g/mol. The van der Waals surface area contributed by atoms with Crippen molar-refractivity contribution in [2.45, 2.75) is 60.9 Å². The molecule has 3 aliphatic rings. The molecule has 0 radical (unpaired) electrons. The number of fused-ring (bicyclic) bond motifs is 2. The second kappa shape index (κ2) is 12.5. The van der Waals surface area contributed by atoms with Crippen molar-refractivity contribution in [1.82, 2.24) is 10.3 Å². The van der Waals surface area contributed by atoms with E-state index in [-0.39, 0.29) is 52.2 Å². The van der Waals surface area contributed by atoms with Crippen LogP contribution in [-0.2, 0) is 42.7 Å². The first-order chi connectivity index (χ1) is 23.2. The predicted molar refractivity (Wildman–Crippen MR) is 167 cm³/mol. The van der Waals surface area contributed by atoms with E-state index in [2.05, 4.69) is 14.7 Å². The lowest BCUT2D eigenvalue weighted by Crippen LogP contribution is -2.52. The molecule has 1 aromatic heterocycles. The van der Waals surface area contributed by atoms with E-state index in [0.29, 0.717) is 30.7 Å². The highest BCUT2D eigenvalue weighted by molar-refractivity contribution is 7.94. The average molecular weight is 767 g/mol. The number of halogens is 8. The Labute approximate surface area is 286 Å². The highest BCUT2D eigenvalue weighted by atomic mass is 35.5. The number of amides is 2. The molecule has 3 heterocycles. The van der Waals surface area contributed by atoms with E-state index in [4.69, 9.17) is 11.6 Å². The molecule has 9 nitrogen and oxygen atoms in total. The minimum atomic E-state index is -5.33. The maximum atomic E-state index is 14.2. The largest absolute Gasteiger partial charge is 0.474 e. The van der Waals surface area contributed by atoms with E-state index in [0.717, 1.165) is 24.3 Å². The maximum Gasteiger partial charge on any atom is 0.474 e. The van der Waals surface area contributed by atoms with Gasteiger partial charge in [0.2, 0.25) is 0 Å². The highest BCUT2D eigenvalue weighted by Crippen LogP contribution is 2.59. The van der Waals surface area contributed by atoms with Gasteiger partial charge in [0.15, 0.2) is 0 Å². The molecule has 1 N–H and O–H groups in total. The third-order valence-corrected chi connectivity index (χ3v) is 13.5. The number of pyridine rings is 1. The van der Waals surface area contributed by atoms with Crippen molar-refractivity contribution in [3.63, 3.8) is 0 Å². The van der Waals surface area contributed by atoms with E-state index in [1.807, 2.05) is 0 Å². The summed E-state index contributed by atoms with van der Waals surface area (Å²) in [7, 11) is -8.08. The number of sulfonamides is 1. The average Bonchev–Trinajstić information content (AvgIpc) is 3.84. The Hall–Kier alpha value is -3.77. The van der Waals surface area contributed by atoms with Gasteiger partial charge in [-0.3, -0.25) is 18.9 Å². The van der Waals surface area contributed by atoms with Gasteiger partial charge in [0.25, 0.3) is 15.9 Å². The van der Waals surface area contributed by atoms with Crippen LogP contribution < -0.4 is 9.62 Å². The van der Waals surface area contributed by atoms with Crippen molar-refractivity contribution in [2.75, 3.05) is 15.8 Å². The van der Waals surface area contributed by atoms with Crippen molar-refractivity contribution in [2.24, 2.45) is 10.3 Å². The summed E-state index contributed by atoms with van der Waals surface area (Å²) in [5.74, 6) is -5.04. The zero-order valence-corrected chi connectivity index (χ0v) is 27.9. The Morgan fingerprint density at radius 2 is 1.66 bits per heavy atom. The maximum absolute atomic E-state index is 14.2. The number of aromatic nitrogens is 1. The Kier molecular flexibility index (Phi) is 8.99. The fourth-order valence-corrected chi connectivity index (χ4v) is 10.8. The smallest absolute Gasteiger partial charge is 0.346 e. The van der Waals surface area contributed by atoms with Gasteiger partial charge in [0.1, 0.15) is 5.82 Å². The number of hydrogen-bond donors (Lipinski definition) is 1. The highest BCUT2D eigenvalue weighted by Gasteiger charge is 2.60. The predicted octanol–water partition coefficient (Wildman–Crippen LogP) is 6.40. The summed E-state index contributed by atoms with van der Waals surface area (Å²) in [6.45, 7) is -0.370. The van der Waals surface area contributed by atoms with Crippen LogP contribution in [0.2, 0.25) is 5.02 Å². The zero-order valence-electron chi connectivity index (χ0n) is 25.5. The molecule has 50 heavy (non-hydrogen) atoms. The number of rotatable bonds is 6. The summed E-state index contributed by atoms with van der Waals surface area (Å²) in [5, 5.41) is 2.18. The molecule has 3 aromatic rings. The van der Waals surface area contributed by atoms with E-state index in [1.54, 1.807) is 0 Å². The topological polar surface area (TPSA) is 126 Å². The lowest BCUT2D eigenvalue weighted by molar-refractivity contribution is -0.169. The summed E-state index contributed by atoms with van der Waals surface area (Å²) in [4.78, 5) is 28.5. The number of carbonyl (C=O) groups is 2. The van der Waals surface area contributed by atoms with Gasteiger partial charge in [-0.05, 0) is 85.7 Å². The molecule has 6 rings (SSSR count). The molecular weight excluding hydrogens is 741 g/mol. The quantitative estimate of drug-likeness (QED) is 0.290. The molecule has 19 heteroatoms. The van der Waals surface area contributed by atoms with Crippen LogP contribution in [0, 0.1) is 11.7 Å². The Morgan fingerprint density at radius 1 is 1.02 bits per heavy atom. The molecular formula is C31H26ClF7N4O5S2. The third kappa shape index (κ3) is 6.68. The first kappa shape index (κ1) is 36.0. The molecule has 2 fully saturated rings. The van der Waals surface area contributed by atoms with Crippen LogP contribution in [-0.4, -0.2) is 53.1 Å². The zero-order chi connectivity index (χ0) is 36.4. The number of benzene rings is 2. The molecule has 0 bridgehead atoms. The minimum Gasteiger partial charge on any atom is -0.346 e. The van der Waals surface area contributed by atoms with Gasteiger partial charge in [-0.1, -0.05) is 11.6 Å². The van der Waals surface area contributed by atoms with Gasteiger partial charge in [0, 0.05) is 28.7 Å². The van der Waals surface area contributed by atoms with Gasteiger partial charge < -0.3 is 5.32 Å². The van der Waals surface area contributed by atoms with Crippen molar-refractivity contribution in [1.29, 1.82) is 0 Å². The first-order valence-electron chi connectivity index (χ1n) is 15.0. The number of nitrogens with zero attached hydrogens (tertiary/aromatic N) is 3. The number of carbonyl (C=O) groups excluding carboxylic acids is 2. The van der Waals surface area contributed by atoms with Crippen LogP contribution in [0.4, 0.5) is 36.4 Å². The Morgan fingerprint density at radius 3 is 2.22 bits per heavy atom. The number of nitrogens with one attached hydrogen (secondary N) is 1. The number of hydrogen-bond acceptors (Lipinski definition) is 6. The molecule has 268 valence electrons. The van der Waals surface area contributed by atoms with E-state index >= 15 is 0 Å². The number of anilines is 1. The van der Waals surface area contributed by atoms with Crippen molar-refractivity contribution < 1.29 is 52.9 Å². The van der Waals surface area contributed by atoms with E-state index < -0.39 is 78.3 Å². The first-order valence-corrected chi connectivity index (χ1v) is 18.7. The van der Waals surface area contributed by atoms with Crippen LogP contribution >= 0.6 is 11.6 Å². The van der Waals surface area contributed by atoms with Gasteiger partial charge in [-0.25, -0.2) is 17.0 Å². The lowest BCUT2D eigenvalue weighted by atomic mass is 9.70. The normalized spacial score (nSPS) is 23.8. The molecule has 2 aliphatic heterocycles. The van der Waals surface area contributed by atoms with Crippen LogP contribution in [0.3, 0.4) is 0 Å². The van der Waals surface area contributed by atoms with Crippen LogP contribution in [0.15, 0.2) is 64.0 Å². The van der Waals surface area contributed by atoms with Gasteiger partial charge in [-0.2, -0.15) is 30.7 Å². The molecule has 1 saturated carbocycles. The van der Waals surface area contributed by atoms with Crippen LogP contribution in [0.5, 0.6) is 0 Å². The Bertz CT molecular complexity index is 2100. The molecule has 1 atom stereocenters. The van der Waals surface area contributed by atoms with Gasteiger partial charge >= 0.3 is 18.3 Å². The summed E-state index contributed by atoms with van der Waals surface area (Å²) in [5.41, 5.74) is -1.82. The second-order valence-corrected chi connectivity index (χ2v) is 17.1. The fourth-order valence-electron chi connectivity index (χ4n) is 6.64. The summed E-state index contributed by atoms with van der Waals surface area (Å²) in [6.07, 6.45) is -8.55. The number of alkyl halides is 6. The standard InChI is InChI=1S/C31H26ClF7N4O5S2/c32-23-14-19(30(34,35)36)15-40-24(23)16-41-27(44)18-3-8-25-22(13-18)29(9-11-49(46,12-10-29)42-28(45)31(37,38)39)26(17-1-2-17)43(25)50(47,48)21-6-4-20(33)5-7-21/h3-8,13-15,17,26H,1-2,9-12,16H2,(H,41,44).